The molecular weight excluding hydrogens is 580 g/mol. The number of carbonyl (C=O) groups excluding carboxylic acids is 1. The number of rotatable bonds is 10. The number of carbonyl (C=O) groups is 1. The molecule has 0 saturated carbocycles. The number of aromatic nitrogens is 5. The third-order valence-corrected chi connectivity index (χ3v) is 7.44. The number of piperazine rings is 1. The van der Waals surface area contributed by atoms with Crippen molar-refractivity contribution in [2.75, 3.05) is 42.9 Å². The number of nitrogens with zero attached hydrogens (tertiary/aromatic N) is 7. The number of benzene rings is 1. The lowest BCUT2D eigenvalue weighted by Crippen LogP contribution is -2.46. The fourth-order valence-electron chi connectivity index (χ4n) is 5.36. The second-order valence-corrected chi connectivity index (χ2v) is 10.7. The van der Waals surface area contributed by atoms with Crippen molar-refractivity contribution in [3.8, 4) is 11.3 Å². The number of nitrogens with one attached hydrogen (secondary N) is 2. The molecule has 0 spiro atoms. The molecule has 14 heteroatoms. The lowest BCUT2D eigenvalue weighted by atomic mass is 10.1. The van der Waals surface area contributed by atoms with Gasteiger partial charge in [0.05, 0.1) is 23.6 Å². The molecule has 5 rings (SSSR count). The molecule has 0 unspecified atom stereocenters. The molecule has 1 saturated heterocycles. The first-order chi connectivity index (χ1) is 20.2. The summed E-state index contributed by atoms with van der Waals surface area (Å²) in [7, 11) is 0. The van der Waals surface area contributed by atoms with E-state index in [-0.39, 0.29) is 41.5 Å². The van der Waals surface area contributed by atoms with Crippen LogP contribution in [0.25, 0.3) is 22.3 Å². The topological polar surface area (TPSA) is 124 Å². The number of unbranched alkanes of at least 4 members (excludes halogenated alkanes) is 1. The number of hydrogen-bond acceptors (Lipinski definition) is 9. The van der Waals surface area contributed by atoms with Gasteiger partial charge in [-0.2, -0.15) is 0 Å². The van der Waals surface area contributed by atoms with Crippen LogP contribution in [0.2, 0.25) is 0 Å². The van der Waals surface area contributed by atoms with E-state index in [1.165, 1.54) is 6.07 Å². The first-order valence-electron chi connectivity index (χ1n) is 14.1. The Bertz CT molecular complexity index is 1560. The van der Waals surface area contributed by atoms with E-state index in [0.717, 1.165) is 57.4 Å². The highest BCUT2D eigenvalue weighted by molar-refractivity contribution is 5.85. The molecular formula is C29H36ClF2N9O2. The second kappa shape index (κ2) is 14.0. The highest BCUT2D eigenvalue weighted by Crippen LogP contribution is 2.30. The van der Waals surface area contributed by atoms with Crippen LogP contribution in [0.15, 0.2) is 36.7 Å². The van der Waals surface area contributed by atoms with Gasteiger partial charge in [-0.25, -0.2) is 34.2 Å². The van der Waals surface area contributed by atoms with E-state index in [0.29, 0.717) is 29.1 Å². The van der Waals surface area contributed by atoms with Crippen molar-refractivity contribution in [1.82, 2.24) is 34.9 Å². The lowest BCUT2D eigenvalue weighted by molar-refractivity contribution is -0.129. The number of amides is 1. The summed E-state index contributed by atoms with van der Waals surface area (Å²) >= 11 is 0. The summed E-state index contributed by atoms with van der Waals surface area (Å²) in [5.74, 6) is -0.231. The highest BCUT2D eigenvalue weighted by atomic mass is 35.5. The zero-order valence-corrected chi connectivity index (χ0v) is 25.2. The summed E-state index contributed by atoms with van der Waals surface area (Å²) < 4.78 is 31.8. The number of imidazole rings is 1. The Balaban J connectivity index is 0.00000423. The summed E-state index contributed by atoms with van der Waals surface area (Å²) in [5.41, 5.74) is 3.75. The van der Waals surface area contributed by atoms with Gasteiger partial charge in [-0.1, -0.05) is 0 Å². The van der Waals surface area contributed by atoms with Crippen molar-refractivity contribution in [2.45, 2.75) is 46.1 Å². The minimum absolute atomic E-state index is 0. The lowest BCUT2D eigenvalue weighted by Gasteiger charge is -2.36. The molecule has 230 valence electrons. The number of pyridine rings is 1. The van der Waals surface area contributed by atoms with Gasteiger partial charge in [0, 0.05) is 44.2 Å². The monoisotopic (exact) mass is 615 g/mol. The molecule has 4 heterocycles. The average Bonchev–Trinajstić information content (AvgIpc) is 3.33. The van der Waals surface area contributed by atoms with Crippen LogP contribution in [0.5, 0.6) is 0 Å². The molecule has 0 aliphatic carbocycles. The second-order valence-electron chi connectivity index (χ2n) is 10.7. The van der Waals surface area contributed by atoms with Gasteiger partial charge in [0.15, 0.2) is 11.6 Å². The first kappa shape index (κ1) is 32.0. The molecule has 43 heavy (non-hydrogen) atoms. The number of aryl methyl sites for hydroxylation is 1. The summed E-state index contributed by atoms with van der Waals surface area (Å²) in [6.07, 6.45) is 4.79. The van der Waals surface area contributed by atoms with Crippen molar-refractivity contribution in [3.05, 3.63) is 54.1 Å². The summed E-state index contributed by atoms with van der Waals surface area (Å²) in [4.78, 5) is 33.0. The summed E-state index contributed by atoms with van der Waals surface area (Å²) in [6, 6.07) is 6.78. The van der Waals surface area contributed by atoms with Crippen LogP contribution in [-0.2, 0) is 4.79 Å². The van der Waals surface area contributed by atoms with Crippen LogP contribution in [0.3, 0.4) is 0 Å². The average molecular weight is 616 g/mol. The first-order valence-corrected chi connectivity index (χ1v) is 14.1. The van der Waals surface area contributed by atoms with Crippen LogP contribution < -0.4 is 15.7 Å². The molecule has 1 aliphatic rings. The van der Waals surface area contributed by atoms with Gasteiger partial charge in [0.2, 0.25) is 11.9 Å². The van der Waals surface area contributed by atoms with Crippen molar-refractivity contribution in [1.29, 1.82) is 0 Å². The van der Waals surface area contributed by atoms with Gasteiger partial charge in [0.25, 0.3) is 0 Å². The van der Waals surface area contributed by atoms with Crippen molar-refractivity contribution < 1.29 is 18.8 Å². The molecule has 0 atom stereocenters. The molecule has 4 aromatic rings. The highest BCUT2D eigenvalue weighted by Gasteiger charge is 2.20. The Kier molecular flexibility index (Phi) is 10.4. The molecule has 1 aliphatic heterocycles. The number of halogens is 3. The van der Waals surface area contributed by atoms with Gasteiger partial charge >= 0.3 is 0 Å². The Morgan fingerprint density at radius 1 is 1.02 bits per heavy atom. The Morgan fingerprint density at radius 3 is 2.47 bits per heavy atom. The van der Waals surface area contributed by atoms with E-state index < -0.39 is 11.6 Å². The van der Waals surface area contributed by atoms with E-state index in [9.17, 15) is 13.6 Å². The van der Waals surface area contributed by atoms with Crippen LogP contribution in [0.4, 0.5) is 26.2 Å². The van der Waals surface area contributed by atoms with Crippen molar-refractivity contribution in [2.24, 2.45) is 0 Å². The maximum Gasteiger partial charge on any atom is 0.243 e. The van der Waals surface area contributed by atoms with Gasteiger partial charge in [-0.3, -0.25) is 14.9 Å². The minimum atomic E-state index is -0.662. The van der Waals surface area contributed by atoms with E-state index in [1.807, 2.05) is 37.5 Å². The molecule has 11 nitrogen and oxygen atoms in total. The quantitative estimate of drug-likeness (QED) is 0.128. The Hall–Kier alpha value is -3.94. The Labute approximate surface area is 254 Å². The number of hydrogen-bond donors (Lipinski definition) is 3. The molecule has 0 bridgehead atoms. The van der Waals surface area contributed by atoms with Gasteiger partial charge in [-0.15, -0.1) is 12.4 Å². The third-order valence-electron chi connectivity index (χ3n) is 7.44. The van der Waals surface area contributed by atoms with Crippen LogP contribution in [-0.4, -0.2) is 73.2 Å². The smallest absolute Gasteiger partial charge is 0.243 e. The number of anilines is 3. The fraction of sp³-hybridized carbons (Fsp3) is 0.414. The zero-order chi connectivity index (χ0) is 29.8. The number of hydroxylamine groups is 1. The van der Waals surface area contributed by atoms with Crippen LogP contribution in [0.1, 0.15) is 45.0 Å². The fourth-order valence-corrected chi connectivity index (χ4v) is 5.36. The maximum absolute atomic E-state index is 15.0. The molecule has 3 aromatic heterocycles. The summed E-state index contributed by atoms with van der Waals surface area (Å²) in [5, 5.41) is 11.6. The van der Waals surface area contributed by atoms with Crippen molar-refractivity contribution >= 4 is 46.8 Å². The van der Waals surface area contributed by atoms with Crippen LogP contribution in [0, 0.1) is 18.6 Å². The molecule has 1 amide bonds. The normalized spacial score (nSPS) is 13.8. The largest absolute Gasteiger partial charge is 0.368 e. The van der Waals surface area contributed by atoms with E-state index in [2.05, 4.69) is 35.1 Å². The van der Waals surface area contributed by atoms with Gasteiger partial charge in [-0.05, 0) is 64.4 Å². The standard InChI is InChI=1S/C29H35F2N9O2.ClH/c1-18(2)40-19(3)34-28-22(30)14-20(15-24(28)40)27-23(31)17-33-29(36-27)35-25-8-7-21(16-32-25)39-12-10-38(11-13-39)9-5-4-6-26(41)37-42;/h7-8,14-18,42H,4-6,9-13H2,1-3H3,(H,37,41)(H,32,33,35,36);1H. The predicted molar refractivity (Wildman–Crippen MR) is 163 cm³/mol. The van der Waals surface area contributed by atoms with E-state index in [1.54, 1.807) is 17.7 Å². The Morgan fingerprint density at radius 2 is 1.79 bits per heavy atom. The molecule has 1 aromatic carbocycles. The van der Waals surface area contributed by atoms with Gasteiger partial charge < -0.3 is 14.8 Å². The summed E-state index contributed by atoms with van der Waals surface area (Å²) in [6.45, 7) is 10.2. The molecule has 1 fully saturated rings. The predicted octanol–water partition coefficient (Wildman–Crippen LogP) is 5.02. The minimum Gasteiger partial charge on any atom is -0.368 e. The van der Waals surface area contributed by atoms with E-state index in [4.69, 9.17) is 5.21 Å². The number of fused-ring (bicyclic) bond motifs is 1. The molecule has 3 N–H and O–H groups in total. The van der Waals surface area contributed by atoms with Crippen molar-refractivity contribution in [3.63, 3.8) is 0 Å². The third kappa shape index (κ3) is 7.35. The zero-order valence-electron chi connectivity index (χ0n) is 24.3. The SMILES string of the molecule is Cc1nc2c(F)cc(-c3nc(Nc4ccc(N5CCN(CCCCC(=O)NO)CC5)cn4)ncc3F)cc2n1C(C)C.Cl. The molecule has 0 radical (unpaired) electrons. The van der Waals surface area contributed by atoms with Crippen LogP contribution >= 0.6 is 12.4 Å². The van der Waals surface area contributed by atoms with Gasteiger partial charge in [0.1, 0.15) is 22.9 Å². The maximum atomic E-state index is 15.0. The van der Waals surface area contributed by atoms with E-state index >= 15 is 0 Å².